The molecule has 0 saturated carbocycles. The lowest BCUT2D eigenvalue weighted by Crippen LogP contribution is -2.31. The van der Waals surface area contributed by atoms with Gasteiger partial charge in [-0.2, -0.15) is 5.10 Å². The molecule has 3 rings (SSSR count). The molecule has 1 heterocycles. The molecular weight excluding hydrogens is 318 g/mol. The number of carboxylic acids is 1. The number of carbonyl (C=O) groups excluding carboxylic acids is 1. The number of aromatic amines is 1. The third-order valence-electron chi connectivity index (χ3n) is 3.77. The summed E-state index contributed by atoms with van der Waals surface area (Å²) in [6.45, 7) is 0.101. The van der Waals surface area contributed by atoms with Crippen molar-refractivity contribution in [2.45, 2.75) is 6.42 Å². The summed E-state index contributed by atoms with van der Waals surface area (Å²) in [5.41, 5.74) is 2.21. The van der Waals surface area contributed by atoms with Crippen molar-refractivity contribution in [3.63, 3.8) is 0 Å². The van der Waals surface area contributed by atoms with Crippen molar-refractivity contribution in [3.05, 3.63) is 66.4 Å². The number of nitrogens with zero attached hydrogens (tertiary/aromatic N) is 2. The quantitative estimate of drug-likeness (QED) is 0.678. The second-order valence-corrected chi connectivity index (χ2v) is 5.46. The number of amides is 1. The lowest BCUT2D eigenvalue weighted by molar-refractivity contribution is -0.136. The van der Waals surface area contributed by atoms with Gasteiger partial charge in [-0.15, -0.1) is 0 Å². The molecule has 6 heteroatoms. The molecule has 0 saturated heterocycles. The molecule has 0 aliphatic carbocycles. The van der Waals surface area contributed by atoms with E-state index in [2.05, 4.69) is 10.2 Å². The summed E-state index contributed by atoms with van der Waals surface area (Å²) in [5, 5.41) is 16.9. The van der Waals surface area contributed by atoms with E-state index in [9.17, 15) is 9.59 Å². The van der Waals surface area contributed by atoms with E-state index < -0.39 is 5.97 Å². The van der Waals surface area contributed by atoms with E-state index >= 15 is 0 Å². The van der Waals surface area contributed by atoms with Crippen molar-refractivity contribution in [3.8, 4) is 0 Å². The van der Waals surface area contributed by atoms with Gasteiger partial charge in [-0.1, -0.05) is 36.4 Å². The summed E-state index contributed by atoms with van der Waals surface area (Å²) in [5.74, 6) is -1.24. The molecule has 1 amide bonds. The minimum absolute atomic E-state index is 0.101. The van der Waals surface area contributed by atoms with Gasteiger partial charge in [0.15, 0.2) is 0 Å². The zero-order chi connectivity index (χ0) is 17.6. The monoisotopic (exact) mass is 335 g/mol. The van der Waals surface area contributed by atoms with E-state index in [-0.39, 0.29) is 18.9 Å². The zero-order valence-corrected chi connectivity index (χ0v) is 13.4. The fourth-order valence-corrected chi connectivity index (χ4v) is 2.53. The second-order valence-electron chi connectivity index (χ2n) is 5.46. The number of carboxylic acid groups (broad SMARTS) is 1. The predicted molar refractivity (Wildman–Crippen MR) is 96.2 cm³/mol. The molecular formula is C19H17N3O3. The molecule has 2 aromatic carbocycles. The van der Waals surface area contributed by atoms with Crippen LogP contribution in [0.2, 0.25) is 0 Å². The van der Waals surface area contributed by atoms with Crippen LogP contribution in [0.25, 0.3) is 17.0 Å². The first-order valence-electron chi connectivity index (χ1n) is 7.84. The van der Waals surface area contributed by atoms with Gasteiger partial charge < -0.3 is 10.0 Å². The summed E-state index contributed by atoms with van der Waals surface area (Å²) in [4.78, 5) is 24.9. The predicted octanol–water partition coefficient (Wildman–Crippen LogP) is 3.08. The highest BCUT2D eigenvalue weighted by atomic mass is 16.4. The molecule has 126 valence electrons. The number of fused-ring (bicyclic) bond motifs is 1. The number of aliphatic carboxylic acids is 1. The standard InChI is InChI=1S/C19H17N3O3/c23-18(11-10-17-15-8-4-5-9-16(15)20-21-17)22(13-12-19(24)25)14-6-2-1-3-7-14/h1-11H,12-13H2,(H,20,21)(H,24,25). The summed E-state index contributed by atoms with van der Waals surface area (Å²) < 4.78 is 0. The molecule has 2 N–H and O–H groups in total. The van der Waals surface area contributed by atoms with Gasteiger partial charge in [-0.3, -0.25) is 14.7 Å². The van der Waals surface area contributed by atoms with Crippen LogP contribution >= 0.6 is 0 Å². The van der Waals surface area contributed by atoms with Crippen LogP contribution in [0.15, 0.2) is 60.7 Å². The van der Waals surface area contributed by atoms with Crippen LogP contribution in [-0.2, 0) is 9.59 Å². The highest BCUT2D eigenvalue weighted by Gasteiger charge is 2.14. The number of anilines is 1. The van der Waals surface area contributed by atoms with E-state index in [0.717, 1.165) is 10.9 Å². The molecule has 0 spiro atoms. The third-order valence-corrected chi connectivity index (χ3v) is 3.77. The van der Waals surface area contributed by atoms with Gasteiger partial charge in [0.2, 0.25) is 0 Å². The van der Waals surface area contributed by atoms with Gasteiger partial charge >= 0.3 is 5.97 Å². The van der Waals surface area contributed by atoms with Crippen LogP contribution in [0.1, 0.15) is 12.1 Å². The van der Waals surface area contributed by atoms with Crippen molar-refractivity contribution in [2.24, 2.45) is 0 Å². The fourth-order valence-electron chi connectivity index (χ4n) is 2.53. The molecule has 0 bridgehead atoms. The summed E-state index contributed by atoms with van der Waals surface area (Å²) >= 11 is 0. The summed E-state index contributed by atoms with van der Waals surface area (Å²) in [7, 11) is 0. The van der Waals surface area contributed by atoms with E-state index in [1.54, 1.807) is 30.3 Å². The smallest absolute Gasteiger partial charge is 0.305 e. The first kappa shape index (κ1) is 16.4. The molecule has 0 aliphatic rings. The van der Waals surface area contributed by atoms with Gasteiger partial charge in [0.25, 0.3) is 5.91 Å². The van der Waals surface area contributed by atoms with Gasteiger partial charge in [-0.05, 0) is 24.3 Å². The van der Waals surface area contributed by atoms with E-state index in [1.807, 2.05) is 30.3 Å². The van der Waals surface area contributed by atoms with E-state index in [4.69, 9.17) is 5.11 Å². The maximum Gasteiger partial charge on any atom is 0.305 e. The Bertz CT molecular complexity index is 916. The Morgan fingerprint density at radius 1 is 1.08 bits per heavy atom. The number of hydrogen-bond acceptors (Lipinski definition) is 3. The molecule has 0 aliphatic heterocycles. The maximum atomic E-state index is 12.6. The van der Waals surface area contributed by atoms with Crippen LogP contribution in [0.3, 0.4) is 0 Å². The Labute approximate surface area is 144 Å². The number of para-hydroxylation sites is 2. The van der Waals surface area contributed by atoms with E-state index in [1.165, 1.54) is 11.0 Å². The molecule has 0 unspecified atom stereocenters. The number of nitrogens with one attached hydrogen (secondary N) is 1. The molecule has 3 aromatic rings. The molecule has 1 aromatic heterocycles. The number of rotatable bonds is 6. The third kappa shape index (κ3) is 3.92. The topological polar surface area (TPSA) is 86.3 Å². The van der Waals surface area contributed by atoms with Crippen LogP contribution < -0.4 is 4.90 Å². The first-order valence-corrected chi connectivity index (χ1v) is 7.84. The van der Waals surface area contributed by atoms with Gasteiger partial charge in [-0.25, -0.2) is 0 Å². The van der Waals surface area contributed by atoms with Gasteiger partial charge in [0, 0.05) is 23.7 Å². The minimum Gasteiger partial charge on any atom is -0.481 e. The Hall–Kier alpha value is -3.41. The number of H-pyrrole nitrogens is 1. The Kier molecular flexibility index (Phi) is 4.89. The van der Waals surface area contributed by atoms with Crippen molar-refractivity contribution in [1.29, 1.82) is 0 Å². The number of benzene rings is 2. The largest absolute Gasteiger partial charge is 0.481 e. The van der Waals surface area contributed by atoms with Crippen LogP contribution in [-0.4, -0.2) is 33.7 Å². The number of aromatic nitrogens is 2. The van der Waals surface area contributed by atoms with Crippen molar-refractivity contribution in [2.75, 3.05) is 11.4 Å². The van der Waals surface area contributed by atoms with Crippen molar-refractivity contribution < 1.29 is 14.7 Å². The normalized spacial score (nSPS) is 11.0. The van der Waals surface area contributed by atoms with Crippen LogP contribution in [0, 0.1) is 0 Å². The van der Waals surface area contributed by atoms with Gasteiger partial charge in [0.1, 0.15) is 0 Å². The number of hydrogen-bond donors (Lipinski definition) is 2. The Morgan fingerprint density at radius 3 is 2.56 bits per heavy atom. The Balaban J connectivity index is 1.83. The van der Waals surface area contributed by atoms with Crippen molar-refractivity contribution in [1.82, 2.24) is 10.2 Å². The van der Waals surface area contributed by atoms with Crippen LogP contribution in [0.5, 0.6) is 0 Å². The molecule has 0 fully saturated rings. The molecule has 25 heavy (non-hydrogen) atoms. The van der Waals surface area contributed by atoms with E-state index in [0.29, 0.717) is 11.4 Å². The first-order chi connectivity index (χ1) is 12.1. The average Bonchev–Trinajstić information content (AvgIpc) is 3.04. The van der Waals surface area contributed by atoms with Gasteiger partial charge in [0.05, 0.1) is 17.6 Å². The molecule has 0 radical (unpaired) electrons. The lowest BCUT2D eigenvalue weighted by atomic mass is 10.2. The zero-order valence-electron chi connectivity index (χ0n) is 13.4. The molecule has 6 nitrogen and oxygen atoms in total. The molecule has 0 atom stereocenters. The summed E-state index contributed by atoms with van der Waals surface area (Å²) in [6.07, 6.45) is 2.93. The second kappa shape index (κ2) is 7.44. The average molecular weight is 335 g/mol. The SMILES string of the molecule is O=C(O)CCN(C(=O)C=Cc1n[nH]c2ccccc12)c1ccccc1. The number of carbonyl (C=O) groups is 2. The highest BCUT2D eigenvalue weighted by molar-refractivity contribution is 6.05. The van der Waals surface area contributed by atoms with Crippen LogP contribution in [0.4, 0.5) is 5.69 Å². The fraction of sp³-hybridized carbons (Fsp3) is 0.105. The highest BCUT2D eigenvalue weighted by Crippen LogP contribution is 2.18. The Morgan fingerprint density at radius 2 is 1.80 bits per heavy atom. The summed E-state index contributed by atoms with van der Waals surface area (Å²) in [6, 6.07) is 16.6. The van der Waals surface area contributed by atoms with Crippen molar-refractivity contribution >= 4 is 34.5 Å². The minimum atomic E-state index is -0.948. The lowest BCUT2D eigenvalue weighted by Gasteiger charge is -2.20. The maximum absolute atomic E-state index is 12.6.